The molecule has 0 unspecified atom stereocenters. The van der Waals surface area contributed by atoms with Gasteiger partial charge in [-0.25, -0.2) is 4.98 Å². The van der Waals surface area contributed by atoms with Crippen molar-refractivity contribution < 1.29 is 38.1 Å². The number of benzene rings is 11. The van der Waals surface area contributed by atoms with Crippen molar-refractivity contribution in [3.05, 3.63) is 294 Å². The fourth-order valence-corrected chi connectivity index (χ4v) is 18.7. The van der Waals surface area contributed by atoms with Crippen molar-refractivity contribution in [1.29, 1.82) is 0 Å². The molecule has 5 nitrogen and oxygen atoms in total. The van der Waals surface area contributed by atoms with Crippen LogP contribution in [0.4, 0.5) is 0 Å². The molecule has 1 aliphatic heterocycles. The van der Waals surface area contributed by atoms with Crippen molar-refractivity contribution in [3.8, 4) is 73.2 Å². The maximum absolute atomic E-state index is 10.3. The number of rotatable bonds is 9. The minimum Gasteiger partial charge on any atom is -0.458 e. The Bertz CT molecular complexity index is 6350. The Hall–Kier alpha value is -10.1. The summed E-state index contributed by atoms with van der Waals surface area (Å²) < 4.78 is 214. The number of fused-ring (bicyclic) bond motifs is 11. The highest BCUT2D eigenvalue weighted by atomic mass is 28.3. The molecule has 0 fully saturated rings. The van der Waals surface area contributed by atoms with Gasteiger partial charge in [-0.1, -0.05) is 251 Å². The third kappa shape index (κ3) is 9.84. The van der Waals surface area contributed by atoms with Gasteiger partial charge in [-0.05, 0) is 208 Å². The molecule has 96 heavy (non-hydrogen) atoms. The third-order valence-corrected chi connectivity index (χ3v) is 24.0. The largest absolute Gasteiger partial charge is 0.458 e. The summed E-state index contributed by atoms with van der Waals surface area (Å²) in [5, 5.41) is -0.301. The summed E-state index contributed by atoms with van der Waals surface area (Å²) in [6.45, 7) is 15.5. The van der Waals surface area contributed by atoms with Crippen LogP contribution >= 0.6 is 0 Å². The predicted octanol–water partition coefficient (Wildman–Crippen LogP) is 19.9. The zero-order valence-corrected chi connectivity index (χ0v) is 56.2. The van der Waals surface area contributed by atoms with Crippen molar-refractivity contribution in [2.45, 2.75) is 117 Å². The number of hydrogen-bond donors (Lipinski definition) is 0. The lowest BCUT2D eigenvalue weighted by molar-refractivity contribution is -0.572. The molecule has 3 aromatic heterocycles. The zero-order valence-electron chi connectivity index (χ0n) is 76.2. The van der Waals surface area contributed by atoms with E-state index >= 15 is 0 Å². The van der Waals surface area contributed by atoms with Crippen molar-refractivity contribution >= 4 is 61.7 Å². The number of pyridine rings is 1. The standard InChI is InChI=1S/C90H82N4OSi/c1-58-28-26-29-59(2)84(58)60-48-75-74-56-78-77(89(9,10)45-46-90(78,11)12)55-73(74)69-38-22-23-39-70(69)76-53-68(96(65-32-16-13-17-33-65,66-34-18-14-19-35-66)67-36-20-15-21-37-67)54-82-86(76)93(85(75)79(49-60)88(6,7)8)57-92(82)62-30-27-31-63(51-62)95-64-42-43-72-71-40-24-25-41-80(71)94(81(72)52-64)83-50-61(44-47-91-83)87(3,4)5/h13-44,47-56H,45-46H2,1-12H3/i1D3,2D3,13D,14D,15D,16D,17D,18D,19D,20D,21D,32D,33D,34D,35D,36D,37D. The summed E-state index contributed by atoms with van der Waals surface area (Å²) in [6.07, 6.45) is 7.21. The predicted molar refractivity (Wildman–Crippen MR) is 403 cm³/mol. The Morgan fingerprint density at radius 2 is 1.09 bits per heavy atom. The summed E-state index contributed by atoms with van der Waals surface area (Å²) in [5.41, 5.74) is 7.53. The van der Waals surface area contributed by atoms with Crippen LogP contribution < -0.4 is 30.1 Å². The highest BCUT2D eigenvalue weighted by Crippen LogP contribution is 2.53. The molecule has 0 spiro atoms. The van der Waals surface area contributed by atoms with Gasteiger partial charge in [0, 0.05) is 31.3 Å². The number of imidazole rings is 1. The Labute approximate surface area is 596 Å². The lowest BCUT2D eigenvalue weighted by atomic mass is 9.62. The van der Waals surface area contributed by atoms with Crippen LogP contribution in [-0.2, 0) is 21.7 Å². The molecule has 16 rings (SSSR count). The van der Waals surface area contributed by atoms with Gasteiger partial charge in [0.25, 0.3) is 6.33 Å². The number of hydrogen-bond acceptors (Lipinski definition) is 2. The summed E-state index contributed by atoms with van der Waals surface area (Å²) in [6, 6.07) is 34.4. The van der Waals surface area contributed by atoms with Gasteiger partial charge in [-0.3, -0.25) is 13.7 Å². The Morgan fingerprint density at radius 1 is 0.510 bits per heavy atom. The number of nitrogens with zero attached hydrogens (tertiary/aromatic N) is 4. The van der Waals surface area contributed by atoms with Crippen LogP contribution in [0.3, 0.4) is 0 Å². The van der Waals surface area contributed by atoms with Crippen LogP contribution in [0.15, 0.2) is 255 Å². The first kappa shape index (κ1) is 41.6. The minimum absolute atomic E-state index is 0.00753. The Morgan fingerprint density at radius 3 is 1.72 bits per heavy atom. The zero-order chi connectivity index (χ0) is 84.3. The normalized spacial score (nSPS) is 17.5. The third-order valence-electron chi connectivity index (χ3n) is 19.9. The van der Waals surface area contributed by atoms with E-state index < -0.39 is 144 Å². The molecule has 0 N–H and O–H groups in total. The van der Waals surface area contributed by atoms with E-state index in [1.807, 2.05) is 104 Å². The van der Waals surface area contributed by atoms with Gasteiger partial charge in [0.15, 0.2) is 8.07 Å². The second-order valence-corrected chi connectivity index (χ2v) is 32.4. The van der Waals surface area contributed by atoms with E-state index in [2.05, 4.69) is 83.6 Å². The van der Waals surface area contributed by atoms with E-state index in [4.69, 9.17) is 22.1 Å². The molecule has 0 radical (unpaired) electrons. The van der Waals surface area contributed by atoms with Gasteiger partial charge in [0.2, 0.25) is 0 Å². The van der Waals surface area contributed by atoms with Crippen LogP contribution in [0, 0.1) is 20.0 Å². The van der Waals surface area contributed by atoms with Gasteiger partial charge in [-0.2, -0.15) is 0 Å². The summed E-state index contributed by atoms with van der Waals surface area (Å²) in [5.74, 6) is 1.42. The molecular weight excluding hydrogens is 1180 g/mol. The molecule has 14 aromatic rings. The fraction of sp³-hybridized carbons (Fsp3) is 0.200. The molecule has 0 amide bonds. The Kier molecular flexibility index (Phi) is 9.76. The maximum Gasteiger partial charge on any atom is 0.269 e. The number of aromatic nitrogens is 4. The molecule has 1 aliphatic carbocycles. The molecular formula is C90H82N4OSi. The van der Waals surface area contributed by atoms with Crippen LogP contribution in [0.2, 0.25) is 0 Å². The molecule has 0 atom stereocenters. The molecule has 472 valence electrons. The topological polar surface area (TPSA) is 35.9 Å². The van der Waals surface area contributed by atoms with Crippen LogP contribution in [0.25, 0.3) is 94.5 Å². The first-order valence-electron chi connectivity index (χ1n) is 43.0. The van der Waals surface area contributed by atoms with E-state index in [0.717, 1.165) is 51.3 Å². The number of ether oxygens (including phenoxy) is 1. The van der Waals surface area contributed by atoms with Crippen molar-refractivity contribution in [2.75, 3.05) is 0 Å². The summed E-state index contributed by atoms with van der Waals surface area (Å²) >= 11 is 0. The monoisotopic (exact) mass is 1280 g/mol. The van der Waals surface area contributed by atoms with Crippen molar-refractivity contribution in [1.82, 2.24) is 14.1 Å². The van der Waals surface area contributed by atoms with Gasteiger partial charge < -0.3 is 4.74 Å². The van der Waals surface area contributed by atoms with E-state index in [0.29, 0.717) is 67.6 Å². The number of aryl methyl sites for hydroxylation is 2. The van der Waals surface area contributed by atoms with E-state index in [1.54, 1.807) is 47.2 Å². The smallest absolute Gasteiger partial charge is 0.269 e. The number of para-hydroxylation sites is 1. The molecule has 0 saturated carbocycles. The van der Waals surface area contributed by atoms with E-state index in [9.17, 15) is 16.4 Å². The van der Waals surface area contributed by atoms with Gasteiger partial charge in [0.1, 0.15) is 17.3 Å². The molecule has 6 heteroatoms. The fourth-order valence-electron chi connectivity index (χ4n) is 14.9. The van der Waals surface area contributed by atoms with Crippen LogP contribution in [0.5, 0.6) is 11.5 Å². The summed E-state index contributed by atoms with van der Waals surface area (Å²) in [7, 11) is -5.96. The van der Waals surface area contributed by atoms with Gasteiger partial charge >= 0.3 is 0 Å². The van der Waals surface area contributed by atoms with Crippen molar-refractivity contribution in [3.63, 3.8) is 0 Å². The minimum atomic E-state index is -5.96. The van der Waals surface area contributed by atoms with E-state index in [-0.39, 0.29) is 43.9 Å². The average Bonchev–Trinajstić information content (AvgIpc) is 1.61. The second kappa shape index (κ2) is 22.5. The molecule has 2 aliphatic rings. The van der Waals surface area contributed by atoms with Crippen LogP contribution in [0.1, 0.15) is 144 Å². The SMILES string of the molecule is [2H]c1c([2H])c([2H])c([Si](c2cc3c4c(c2)n(-c2cccc(Oc5ccc6c7ccccc7n(-c7cc(C(C)(C)C)ccn7)c6c5)c2)[c-][n+]4-c2c(cc(-c4c(C([2H])([2H])[2H])cccc4C([2H])([2H])[2H])cc2C(C)(C)C)-c2cc4c(cc2-c2ccccc2-3)C(C)(C)CCC4(C)C)(c2c([2H])c([2H])c([2H])c([2H])c2[2H])c2c([2H])c([2H])c([2H])c([2H])c2[2H])c([2H])c1[2H]. The highest BCUT2D eigenvalue weighted by Gasteiger charge is 2.44. The van der Waals surface area contributed by atoms with Gasteiger partial charge in [-0.15, -0.1) is 0 Å². The van der Waals surface area contributed by atoms with Gasteiger partial charge in [0.05, 0.1) is 54.0 Å². The molecule has 0 bridgehead atoms. The van der Waals surface area contributed by atoms with Crippen LogP contribution in [-0.4, -0.2) is 22.2 Å². The first-order valence-corrected chi connectivity index (χ1v) is 34.5. The summed E-state index contributed by atoms with van der Waals surface area (Å²) in [4.78, 5) is 4.92. The maximum atomic E-state index is 10.3. The second-order valence-electron chi connectivity index (χ2n) is 28.9. The molecule has 0 saturated heterocycles. The quantitative estimate of drug-likeness (QED) is 0.0625. The van der Waals surface area contributed by atoms with E-state index in [1.165, 1.54) is 18.2 Å². The Balaban J connectivity index is 1.13. The van der Waals surface area contributed by atoms with Crippen molar-refractivity contribution in [2.24, 2.45) is 0 Å². The average molecular weight is 1280 g/mol. The lowest BCUT2D eigenvalue weighted by Gasteiger charge is -2.42. The highest BCUT2D eigenvalue weighted by molar-refractivity contribution is 7.20. The lowest BCUT2D eigenvalue weighted by Crippen LogP contribution is -2.74. The molecule has 4 heterocycles. The molecule has 11 aromatic carbocycles. The first-order chi connectivity index (χ1) is 54.8.